The fourth-order valence-corrected chi connectivity index (χ4v) is 2.59. The number of rotatable bonds is 5. The van der Waals surface area contributed by atoms with Gasteiger partial charge in [-0.1, -0.05) is 23.8 Å². The van der Waals surface area contributed by atoms with Crippen molar-refractivity contribution in [3.05, 3.63) is 64.9 Å². The summed E-state index contributed by atoms with van der Waals surface area (Å²) in [5.74, 6) is 0.0552. The fraction of sp³-hybridized carbons (Fsp3) is 0.190. The van der Waals surface area contributed by atoms with Gasteiger partial charge < -0.3 is 14.2 Å². The highest BCUT2D eigenvalue weighted by molar-refractivity contribution is 6.12. The van der Waals surface area contributed by atoms with Gasteiger partial charge in [-0.2, -0.15) is 0 Å². The Morgan fingerprint density at radius 2 is 2.00 bits per heavy atom. The first-order valence-electron chi connectivity index (χ1n) is 8.51. The standard InChI is InChI=1S/C21H19NO5/c1-4-25-19-12-15(8-9-18(19)26-14(3)23)11-17-21(24)27-20(22-17)16-7-5-6-13(2)10-16/h5-12H,4H2,1-3H3/b17-11+. The van der Waals surface area contributed by atoms with E-state index in [4.69, 9.17) is 14.2 Å². The van der Waals surface area contributed by atoms with Crippen molar-refractivity contribution in [2.24, 2.45) is 4.99 Å². The summed E-state index contributed by atoms with van der Waals surface area (Å²) in [6.45, 7) is 5.51. The van der Waals surface area contributed by atoms with Crippen LogP contribution in [0.5, 0.6) is 11.5 Å². The van der Waals surface area contributed by atoms with Crippen LogP contribution in [-0.4, -0.2) is 24.4 Å². The zero-order valence-electron chi connectivity index (χ0n) is 15.3. The van der Waals surface area contributed by atoms with Crippen LogP contribution in [0.2, 0.25) is 0 Å². The van der Waals surface area contributed by atoms with Crippen LogP contribution in [-0.2, 0) is 14.3 Å². The Bertz CT molecular complexity index is 959. The molecule has 0 aliphatic carbocycles. The van der Waals surface area contributed by atoms with Crippen LogP contribution in [0.3, 0.4) is 0 Å². The van der Waals surface area contributed by atoms with Crippen molar-refractivity contribution in [1.82, 2.24) is 0 Å². The highest BCUT2D eigenvalue weighted by Gasteiger charge is 2.24. The van der Waals surface area contributed by atoms with E-state index in [0.717, 1.165) is 11.1 Å². The molecule has 0 spiro atoms. The smallest absolute Gasteiger partial charge is 0.363 e. The van der Waals surface area contributed by atoms with Crippen molar-refractivity contribution in [1.29, 1.82) is 0 Å². The first kappa shape index (κ1) is 18.4. The van der Waals surface area contributed by atoms with Crippen molar-refractivity contribution < 1.29 is 23.8 Å². The predicted octanol–water partition coefficient (Wildman–Crippen LogP) is 3.66. The summed E-state index contributed by atoms with van der Waals surface area (Å²) < 4.78 is 15.9. The number of esters is 2. The Morgan fingerprint density at radius 1 is 1.19 bits per heavy atom. The largest absolute Gasteiger partial charge is 0.490 e. The first-order valence-corrected chi connectivity index (χ1v) is 8.51. The van der Waals surface area contributed by atoms with Crippen LogP contribution in [0.4, 0.5) is 0 Å². The molecule has 0 bridgehead atoms. The van der Waals surface area contributed by atoms with Crippen molar-refractivity contribution in [2.45, 2.75) is 20.8 Å². The maximum Gasteiger partial charge on any atom is 0.363 e. The molecule has 0 aromatic heterocycles. The first-order chi connectivity index (χ1) is 13.0. The van der Waals surface area contributed by atoms with Crippen molar-refractivity contribution in [3.8, 4) is 11.5 Å². The van der Waals surface area contributed by atoms with Crippen LogP contribution in [0, 0.1) is 6.92 Å². The van der Waals surface area contributed by atoms with E-state index in [2.05, 4.69) is 4.99 Å². The Kier molecular flexibility index (Phi) is 5.35. The molecule has 2 aromatic rings. The van der Waals surface area contributed by atoms with E-state index in [0.29, 0.717) is 23.7 Å². The van der Waals surface area contributed by atoms with Gasteiger partial charge >= 0.3 is 11.9 Å². The van der Waals surface area contributed by atoms with Crippen molar-refractivity contribution in [3.63, 3.8) is 0 Å². The highest BCUT2D eigenvalue weighted by Crippen LogP contribution is 2.30. The van der Waals surface area contributed by atoms with Gasteiger partial charge in [0.25, 0.3) is 0 Å². The van der Waals surface area contributed by atoms with E-state index in [9.17, 15) is 9.59 Å². The SMILES string of the molecule is CCOc1cc(/C=C2/N=C(c3cccc(C)c3)OC2=O)ccc1OC(C)=O. The number of cyclic esters (lactones) is 1. The van der Waals surface area contributed by atoms with Gasteiger partial charge in [0.05, 0.1) is 6.61 Å². The van der Waals surface area contributed by atoms with Crippen LogP contribution >= 0.6 is 0 Å². The maximum absolute atomic E-state index is 12.2. The fourth-order valence-electron chi connectivity index (χ4n) is 2.59. The zero-order chi connectivity index (χ0) is 19.4. The lowest BCUT2D eigenvalue weighted by Crippen LogP contribution is -2.05. The molecule has 1 heterocycles. The molecule has 0 unspecified atom stereocenters. The van der Waals surface area contributed by atoms with Crippen molar-refractivity contribution in [2.75, 3.05) is 6.61 Å². The number of ether oxygens (including phenoxy) is 3. The topological polar surface area (TPSA) is 74.2 Å². The molecule has 3 rings (SSSR count). The molecule has 0 fully saturated rings. The number of hydrogen-bond acceptors (Lipinski definition) is 6. The molecule has 6 nitrogen and oxygen atoms in total. The van der Waals surface area contributed by atoms with Gasteiger partial charge in [-0.3, -0.25) is 4.79 Å². The number of hydrogen-bond donors (Lipinski definition) is 0. The lowest BCUT2D eigenvalue weighted by atomic mass is 10.1. The number of nitrogens with zero attached hydrogens (tertiary/aromatic N) is 1. The van der Waals surface area contributed by atoms with Crippen LogP contribution in [0.1, 0.15) is 30.5 Å². The molecule has 27 heavy (non-hydrogen) atoms. The minimum absolute atomic E-state index is 0.189. The third-order valence-electron chi connectivity index (χ3n) is 3.71. The molecule has 1 aliphatic rings. The van der Waals surface area contributed by atoms with Crippen LogP contribution in [0.25, 0.3) is 6.08 Å². The van der Waals surface area contributed by atoms with E-state index in [1.165, 1.54) is 6.92 Å². The van der Waals surface area contributed by atoms with Gasteiger partial charge in [0.1, 0.15) is 0 Å². The summed E-state index contributed by atoms with van der Waals surface area (Å²) in [5, 5.41) is 0. The summed E-state index contributed by atoms with van der Waals surface area (Å²) in [6, 6.07) is 12.6. The number of aryl methyl sites for hydroxylation is 1. The van der Waals surface area contributed by atoms with Gasteiger partial charge in [-0.25, -0.2) is 9.79 Å². The normalized spacial score (nSPS) is 14.7. The van der Waals surface area contributed by atoms with Crippen LogP contribution < -0.4 is 9.47 Å². The summed E-state index contributed by atoms with van der Waals surface area (Å²) in [4.78, 5) is 27.7. The molecule has 1 aliphatic heterocycles. The molecule has 0 saturated heterocycles. The third-order valence-corrected chi connectivity index (χ3v) is 3.71. The van der Waals surface area contributed by atoms with E-state index in [1.807, 2.05) is 38.1 Å². The molecule has 0 amide bonds. The Labute approximate surface area is 157 Å². The molecule has 2 aromatic carbocycles. The Hall–Kier alpha value is -3.41. The van der Waals surface area contributed by atoms with Gasteiger partial charge in [-0.15, -0.1) is 0 Å². The van der Waals surface area contributed by atoms with Crippen LogP contribution in [0.15, 0.2) is 53.2 Å². The minimum Gasteiger partial charge on any atom is -0.490 e. The number of benzene rings is 2. The monoisotopic (exact) mass is 365 g/mol. The second kappa shape index (κ2) is 7.86. The molecular formula is C21H19NO5. The van der Waals surface area contributed by atoms with Gasteiger partial charge in [0.15, 0.2) is 17.2 Å². The lowest BCUT2D eigenvalue weighted by molar-refractivity contribution is -0.132. The van der Waals surface area contributed by atoms with Gasteiger partial charge in [-0.05, 0) is 49.8 Å². The molecule has 0 N–H and O–H groups in total. The molecule has 6 heteroatoms. The summed E-state index contributed by atoms with van der Waals surface area (Å²) in [7, 11) is 0. The van der Waals surface area contributed by atoms with Gasteiger partial charge in [0, 0.05) is 12.5 Å². The third kappa shape index (κ3) is 4.41. The summed E-state index contributed by atoms with van der Waals surface area (Å²) in [6.07, 6.45) is 1.60. The Balaban J connectivity index is 1.92. The lowest BCUT2D eigenvalue weighted by Gasteiger charge is -2.10. The summed E-state index contributed by atoms with van der Waals surface area (Å²) >= 11 is 0. The molecule has 0 atom stereocenters. The Morgan fingerprint density at radius 3 is 2.70 bits per heavy atom. The van der Waals surface area contributed by atoms with E-state index in [-0.39, 0.29) is 11.6 Å². The average Bonchev–Trinajstić information content (AvgIpc) is 2.98. The molecule has 0 saturated carbocycles. The second-order valence-corrected chi connectivity index (χ2v) is 5.94. The molecular weight excluding hydrogens is 346 g/mol. The second-order valence-electron chi connectivity index (χ2n) is 5.94. The van der Waals surface area contributed by atoms with Gasteiger partial charge in [0.2, 0.25) is 5.90 Å². The van der Waals surface area contributed by atoms with Crippen molar-refractivity contribution >= 4 is 23.9 Å². The average molecular weight is 365 g/mol. The number of aliphatic imine (C=N–C) groups is 1. The summed E-state index contributed by atoms with van der Waals surface area (Å²) in [5.41, 5.74) is 2.66. The van der Waals surface area contributed by atoms with E-state index in [1.54, 1.807) is 24.3 Å². The van der Waals surface area contributed by atoms with E-state index >= 15 is 0 Å². The molecule has 0 radical (unpaired) electrons. The predicted molar refractivity (Wildman–Crippen MR) is 101 cm³/mol. The minimum atomic E-state index is -0.520. The maximum atomic E-state index is 12.2. The number of carbonyl (C=O) groups excluding carboxylic acids is 2. The highest BCUT2D eigenvalue weighted by atomic mass is 16.6. The molecule has 138 valence electrons. The zero-order valence-corrected chi connectivity index (χ0v) is 15.3. The quantitative estimate of drug-likeness (QED) is 0.459. The number of carbonyl (C=O) groups is 2. The van der Waals surface area contributed by atoms with E-state index < -0.39 is 11.9 Å².